The fourth-order valence-electron chi connectivity index (χ4n) is 17.9. The third-order valence-electron chi connectivity index (χ3n) is 23.0. The molecule has 0 fully saturated rings. The molecule has 0 unspecified atom stereocenters. The topological polar surface area (TPSA) is 42.6 Å². The lowest BCUT2D eigenvalue weighted by Crippen LogP contribution is -2.16. The number of fused-ring (bicyclic) bond motifs is 19. The Morgan fingerprint density at radius 2 is 0.647 bits per heavy atom. The maximum atomic E-state index is 7.17. The van der Waals surface area contributed by atoms with Gasteiger partial charge in [0.25, 0.3) is 0 Å². The molecule has 0 spiro atoms. The highest BCUT2D eigenvalue weighted by atomic mass is 16.3. The first kappa shape index (κ1) is 60.1. The van der Waals surface area contributed by atoms with Crippen molar-refractivity contribution in [2.75, 3.05) is 9.80 Å². The second-order valence-electron chi connectivity index (χ2n) is 31.7. The Morgan fingerprint density at radius 1 is 0.294 bits per heavy atom. The zero-order valence-corrected chi connectivity index (χ0v) is 59.2. The molecule has 0 saturated heterocycles. The molecule has 4 heterocycles. The van der Waals surface area contributed by atoms with Crippen LogP contribution in [0.5, 0.6) is 0 Å². The van der Waals surface area contributed by atoms with Gasteiger partial charge in [-0.3, -0.25) is 0 Å². The van der Waals surface area contributed by atoms with Gasteiger partial charge in [0.15, 0.2) is 0 Å². The van der Waals surface area contributed by atoms with E-state index in [1.807, 2.05) is 0 Å². The minimum absolute atomic E-state index is 0.0333. The average Bonchev–Trinajstić information content (AvgIpc) is 1.56. The molecule has 0 atom stereocenters. The summed E-state index contributed by atoms with van der Waals surface area (Å²) in [7, 11) is 0. The monoisotopic (exact) mass is 1320 g/mol. The van der Waals surface area contributed by atoms with Crippen LogP contribution in [0.1, 0.15) is 103 Å². The van der Waals surface area contributed by atoms with Gasteiger partial charge in [-0.15, -0.1) is 0 Å². The fraction of sp³-hybridized carbons (Fsp3) is 0.146. The Kier molecular flexibility index (Phi) is 12.6. The molecule has 20 rings (SSSR count). The lowest BCUT2D eigenvalue weighted by Gasteiger charge is -2.29. The molecule has 0 amide bonds. The van der Waals surface area contributed by atoms with Gasteiger partial charge in [-0.1, -0.05) is 215 Å². The van der Waals surface area contributed by atoms with Crippen LogP contribution in [-0.2, 0) is 21.7 Å². The Balaban J connectivity index is 0.742. The van der Waals surface area contributed by atoms with Crippen molar-refractivity contribution < 1.29 is 8.83 Å². The summed E-state index contributed by atoms with van der Waals surface area (Å²) in [5.74, 6) is 0. The van der Waals surface area contributed by atoms with Gasteiger partial charge in [-0.05, 0) is 187 Å². The first-order valence-corrected chi connectivity index (χ1v) is 36.0. The molecule has 0 bridgehead atoms. The minimum Gasteiger partial charge on any atom is -0.456 e. The number of nitrogens with zero attached hydrogens (tertiary/aromatic N) is 4. The zero-order valence-electron chi connectivity index (χ0n) is 59.2. The summed E-state index contributed by atoms with van der Waals surface area (Å²) in [5, 5.41) is 11.1. The first-order valence-electron chi connectivity index (χ1n) is 36.0. The van der Waals surface area contributed by atoms with Crippen molar-refractivity contribution in [1.29, 1.82) is 0 Å². The summed E-state index contributed by atoms with van der Waals surface area (Å²) < 4.78 is 19.2. The molecular weight excluding hydrogens is 1240 g/mol. The van der Waals surface area contributed by atoms with Crippen LogP contribution in [0.2, 0.25) is 0 Å². The van der Waals surface area contributed by atoms with Crippen LogP contribution < -0.4 is 9.80 Å². The quantitative estimate of drug-likeness (QED) is 0.152. The maximum absolute atomic E-state index is 7.17. The number of hydrogen-bond donors (Lipinski definition) is 0. The lowest BCUT2D eigenvalue weighted by atomic mass is 9.82. The van der Waals surface area contributed by atoms with Crippen LogP contribution in [0, 0.1) is 0 Å². The van der Waals surface area contributed by atoms with E-state index in [9.17, 15) is 0 Å². The summed E-state index contributed by atoms with van der Waals surface area (Å²) in [6.45, 7) is 23.1. The summed E-state index contributed by atoms with van der Waals surface area (Å²) in [4.78, 5) is 5.01. The molecule has 6 heteroatoms. The minimum atomic E-state index is -0.202. The highest BCUT2D eigenvalue weighted by molar-refractivity contribution is 6.21. The zero-order chi connectivity index (χ0) is 69.0. The van der Waals surface area contributed by atoms with Crippen molar-refractivity contribution in [3.05, 3.63) is 312 Å². The van der Waals surface area contributed by atoms with Crippen LogP contribution in [-0.4, -0.2) is 9.13 Å². The van der Waals surface area contributed by atoms with Gasteiger partial charge in [0, 0.05) is 99.9 Å². The highest BCUT2D eigenvalue weighted by Gasteiger charge is 2.40. The molecular formula is C96H76N4O2. The maximum Gasteiger partial charge on any atom is 0.137 e. The van der Waals surface area contributed by atoms with E-state index in [0.717, 1.165) is 122 Å². The molecule has 0 N–H and O–H groups in total. The standard InChI is InChI=1S/C96H76N4O2/c1-93(2,3)59-39-43-61(44-40-59)97-77-31-17-13-25-69(77)91-81(97)35-21-37-83(91)99(79-33-19-29-75-89(79)67-23-11-15-27-73(67)95(75,7)8)63-47-49-65-71-51-57-54-86-72(52-58(57)53-85(71)101-87(65)55-63)66-50-48-64(56-88(66)102-86)100(80-34-20-30-76-90(80)68-24-12-16-28-74(68)96(76,9)10)84-38-22-36-82-92(84)70-26-14-18-32-78(70)98(82)62-45-41-60(42-46-62)94(4,5)6/h11-56H,1-10H3. The highest BCUT2D eigenvalue weighted by Crippen LogP contribution is 2.58. The Labute approximate surface area is 593 Å². The van der Waals surface area contributed by atoms with Gasteiger partial charge in [0.05, 0.1) is 44.8 Å². The fourth-order valence-corrected chi connectivity index (χ4v) is 17.9. The van der Waals surface area contributed by atoms with E-state index in [1.165, 1.54) is 77.2 Å². The van der Waals surface area contributed by atoms with Crippen molar-refractivity contribution in [3.8, 4) is 33.6 Å². The van der Waals surface area contributed by atoms with Crippen molar-refractivity contribution in [3.63, 3.8) is 0 Å². The molecule has 0 radical (unpaired) electrons. The molecule has 6 nitrogen and oxygen atoms in total. The van der Waals surface area contributed by atoms with E-state index in [4.69, 9.17) is 8.83 Å². The van der Waals surface area contributed by atoms with Gasteiger partial charge in [0.1, 0.15) is 22.3 Å². The number of anilines is 6. The number of para-hydroxylation sites is 2. The number of aromatic nitrogens is 2. The average molecular weight is 1320 g/mol. The van der Waals surface area contributed by atoms with Crippen LogP contribution in [0.25, 0.3) is 132 Å². The lowest BCUT2D eigenvalue weighted by molar-refractivity contribution is 0.590. The second kappa shape index (κ2) is 21.3. The van der Waals surface area contributed by atoms with E-state index in [-0.39, 0.29) is 21.7 Å². The molecule has 2 aliphatic carbocycles. The summed E-state index contributed by atoms with van der Waals surface area (Å²) in [5.41, 5.74) is 29.3. The molecule has 2 aliphatic rings. The van der Waals surface area contributed by atoms with E-state index in [1.54, 1.807) is 0 Å². The predicted octanol–water partition coefficient (Wildman–Crippen LogP) is 27.0. The van der Waals surface area contributed by atoms with E-state index < -0.39 is 0 Å². The van der Waals surface area contributed by atoms with Crippen molar-refractivity contribution >= 4 is 132 Å². The van der Waals surface area contributed by atoms with Gasteiger partial charge >= 0.3 is 0 Å². The smallest absolute Gasteiger partial charge is 0.137 e. The first-order chi connectivity index (χ1) is 49.4. The van der Waals surface area contributed by atoms with Crippen molar-refractivity contribution in [1.82, 2.24) is 9.13 Å². The van der Waals surface area contributed by atoms with Crippen LogP contribution in [0.4, 0.5) is 34.1 Å². The van der Waals surface area contributed by atoms with Crippen LogP contribution >= 0.6 is 0 Å². The summed E-state index contributed by atoms with van der Waals surface area (Å²) in [6, 6.07) is 104. The second-order valence-corrected chi connectivity index (χ2v) is 31.7. The van der Waals surface area contributed by atoms with Gasteiger partial charge in [-0.2, -0.15) is 0 Å². The van der Waals surface area contributed by atoms with Crippen molar-refractivity contribution in [2.45, 2.75) is 90.9 Å². The molecule has 0 aliphatic heterocycles. The Hall–Kier alpha value is -11.9. The largest absolute Gasteiger partial charge is 0.456 e. The normalized spacial score (nSPS) is 13.9. The molecule has 4 aromatic heterocycles. The molecule has 492 valence electrons. The number of rotatable bonds is 8. The number of benzene rings is 14. The molecule has 14 aromatic carbocycles. The van der Waals surface area contributed by atoms with Crippen molar-refractivity contribution in [2.24, 2.45) is 0 Å². The van der Waals surface area contributed by atoms with Crippen LogP contribution in [0.15, 0.2) is 288 Å². The summed E-state index contributed by atoms with van der Waals surface area (Å²) >= 11 is 0. The molecule has 0 saturated carbocycles. The Morgan fingerprint density at radius 3 is 1.07 bits per heavy atom. The predicted molar refractivity (Wildman–Crippen MR) is 429 cm³/mol. The molecule has 18 aromatic rings. The van der Waals surface area contributed by atoms with Gasteiger partial charge < -0.3 is 27.8 Å². The third-order valence-corrected chi connectivity index (χ3v) is 23.0. The summed E-state index contributed by atoms with van der Waals surface area (Å²) in [6.07, 6.45) is 0. The third kappa shape index (κ3) is 8.65. The molecule has 102 heavy (non-hydrogen) atoms. The van der Waals surface area contributed by atoms with E-state index in [0.29, 0.717) is 0 Å². The van der Waals surface area contributed by atoms with E-state index in [2.05, 4.69) is 367 Å². The number of hydrogen-bond acceptors (Lipinski definition) is 4. The SMILES string of the molecule is CC(C)(C)c1ccc(-n2c3ccccc3c3c(N(c4ccc5c(c4)oc4cc6cc7c(cc6cc45)oc4cc(N(c5cccc6c5-c5ccccc5C6(C)C)c5cccc6c5c5ccccc5n6-c5ccc(C(C)(C)C)cc5)ccc47)c4cccc5c4-c4ccccc4C5(C)C)cccc32)cc1. The Bertz CT molecular complexity index is 6190. The number of furan rings is 2. The van der Waals surface area contributed by atoms with E-state index >= 15 is 0 Å². The van der Waals surface area contributed by atoms with Gasteiger partial charge in [0.2, 0.25) is 0 Å². The van der Waals surface area contributed by atoms with Gasteiger partial charge in [-0.25, -0.2) is 0 Å². The van der Waals surface area contributed by atoms with Crippen LogP contribution in [0.3, 0.4) is 0 Å².